The molecule has 0 fully saturated rings. The molecule has 0 unspecified atom stereocenters. The molecule has 0 radical (unpaired) electrons. The third-order valence-electron chi connectivity index (χ3n) is 2.78. The predicted molar refractivity (Wildman–Crippen MR) is 61.4 cm³/mol. The second-order valence-corrected chi connectivity index (χ2v) is 3.74. The molecule has 3 heteroatoms. The first kappa shape index (κ1) is 9.81. The Bertz CT molecular complexity index is 442. The van der Waals surface area contributed by atoms with E-state index in [1.54, 1.807) is 0 Å². The predicted octanol–water partition coefficient (Wildman–Crippen LogP) is 4.02. The number of rotatable bonds is 2. The number of hydrogen-bond acceptors (Lipinski definition) is 1. The van der Waals surface area contributed by atoms with Gasteiger partial charge in [-0.15, -0.1) is 0 Å². The molecule has 76 valence electrons. The van der Waals surface area contributed by atoms with Crippen molar-refractivity contribution < 1.29 is 0 Å². The Hall–Kier alpha value is -1.73. The van der Waals surface area contributed by atoms with Crippen molar-refractivity contribution in [2.24, 2.45) is 5.11 Å². The lowest BCUT2D eigenvalue weighted by atomic mass is 9.90. The van der Waals surface area contributed by atoms with Crippen LogP contribution >= 0.6 is 0 Å². The average Bonchev–Trinajstić information content (AvgIpc) is 2.28. The van der Waals surface area contributed by atoms with Gasteiger partial charge in [-0.25, -0.2) is 0 Å². The summed E-state index contributed by atoms with van der Waals surface area (Å²) in [4.78, 5) is 2.87. The Morgan fingerprint density at radius 3 is 3.13 bits per heavy atom. The van der Waals surface area contributed by atoms with Crippen LogP contribution in [0.4, 0.5) is 0 Å². The van der Waals surface area contributed by atoms with Crippen molar-refractivity contribution in [3.05, 3.63) is 51.4 Å². The van der Waals surface area contributed by atoms with E-state index in [4.69, 9.17) is 5.53 Å². The summed E-state index contributed by atoms with van der Waals surface area (Å²) in [5, 5.41) is 3.76. The second kappa shape index (κ2) is 4.20. The zero-order valence-corrected chi connectivity index (χ0v) is 8.72. The number of azide groups is 1. The summed E-state index contributed by atoms with van der Waals surface area (Å²) < 4.78 is 0. The Morgan fingerprint density at radius 1 is 1.47 bits per heavy atom. The van der Waals surface area contributed by atoms with Crippen LogP contribution in [-0.4, -0.2) is 0 Å². The smallest absolute Gasteiger partial charge is 0.0600 e. The van der Waals surface area contributed by atoms with Crippen molar-refractivity contribution in [2.45, 2.75) is 25.8 Å². The molecule has 15 heavy (non-hydrogen) atoms. The molecule has 0 aliphatic heterocycles. The van der Waals surface area contributed by atoms with Gasteiger partial charge in [0.05, 0.1) is 6.04 Å². The van der Waals surface area contributed by atoms with E-state index in [0.717, 1.165) is 18.4 Å². The third kappa shape index (κ3) is 1.88. The van der Waals surface area contributed by atoms with Crippen molar-refractivity contribution >= 4 is 6.08 Å². The van der Waals surface area contributed by atoms with Crippen LogP contribution in [0.1, 0.15) is 36.1 Å². The Kier molecular flexibility index (Phi) is 2.75. The van der Waals surface area contributed by atoms with Crippen molar-refractivity contribution in [3.8, 4) is 0 Å². The Morgan fingerprint density at radius 2 is 2.33 bits per heavy atom. The van der Waals surface area contributed by atoms with Gasteiger partial charge in [-0.3, -0.25) is 0 Å². The Labute approximate surface area is 89.1 Å². The molecule has 1 aromatic rings. The van der Waals surface area contributed by atoms with Crippen molar-refractivity contribution in [3.63, 3.8) is 0 Å². The van der Waals surface area contributed by atoms with Gasteiger partial charge in [0.15, 0.2) is 0 Å². The topological polar surface area (TPSA) is 48.8 Å². The Balaban J connectivity index is 2.48. The maximum Gasteiger partial charge on any atom is 0.0600 e. The SMILES string of the molecule is C[C@@H](N=[N+]=[N-])c1cccc2c1CCC=C2. The normalized spacial score (nSPS) is 15.3. The molecular weight excluding hydrogens is 186 g/mol. The van der Waals surface area contributed by atoms with Crippen LogP contribution in [-0.2, 0) is 6.42 Å². The lowest BCUT2D eigenvalue weighted by Gasteiger charge is -2.17. The average molecular weight is 199 g/mol. The minimum absolute atomic E-state index is 0.0727. The number of benzene rings is 1. The van der Waals surface area contributed by atoms with Gasteiger partial charge >= 0.3 is 0 Å². The van der Waals surface area contributed by atoms with Crippen LogP contribution in [0.5, 0.6) is 0 Å². The van der Waals surface area contributed by atoms with E-state index in [9.17, 15) is 0 Å². The molecule has 0 heterocycles. The van der Waals surface area contributed by atoms with Crippen LogP contribution in [0.25, 0.3) is 16.5 Å². The maximum atomic E-state index is 8.45. The number of allylic oxidation sites excluding steroid dienone is 1. The largest absolute Gasteiger partial charge is 0.0862 e. The molecule has 2 rings (SSSR count). The summed E-state index contributed by atoms with van der Waals surface area (Å²) in [6.07, 6.45) is 6.45. The molecule has 1 aromatic carbocycles. The monoisotopic (exact) mass is 199 g/mol. The molecule has 0 spiro atoms. The highest BCUT2D eigenvalue weighted by atomic mass is 15.1. The van der Waals surface area contributed by atoms with Gasteiger partial charge in [-0.2, -0.15) is 0 Å². The van der Waals surface area contributed by atoms with Crippen molar-refractivity contribution in [2.75, 3.05) is 0 Å². The van der Waals surface area contributed by atoms with Gasteiger partial charge in [0.25, 0.3) is 0 Å². The highest BCUT2D eigenvalue weighted by Crippen LogP contribution is 2.28. The van der Waals surface area contributed by atoms with E-state index in [2.05, 4.69) is 34.3 Å². The van der Waals surface area contributed by atoms with E-state index in [1.165, 1.54) is 11.1 Å². The standard InChI is InChI=1S/C12H13N3/c1-9(14-15-13)11-8-4-6-10-5-2-3-7-12(10)11/h2,4-6,8-9H,3,7H2,1H3/t9-/m1/s1. The molecule has 0 N–H and O–H groups in total. The number of hydrogen-bond donors (Lipinski definition) is 0. The summed E-state index contributed by atoms with van der Waals surface area (Å²) >= 11 is 0. The molecular formula is C12H13N3. The van der Waals surface area contributed by atoms with Crippen LogP contribution in [0.3, 0.4) is 0 Å². The first-order valence-corrected chi connectivity index (χ1v) is 5.15. The van der Waals surface area contributed by atoms with Crippen molar-refractivity contribution in [1.82, 2.24) is 0 Å². The minimum Gasteiger partial charge on any atom is -0.0862 e. The minimum atomic E-state index is -0.0727. The molecule has 1 aliphatic carbocycles. The van der Waals surface area contributed by atoms with E-state index < -0.39 is 0 Å². The fourth-order valence-corrected chi connectivity index (χ4v) is 2.04. The van der Waals surface area contributed by atoms with Crippen LogP contribution in [0.2, 0.25) is 0 Å². The maximum absolute atomic E-state index is 8.45. The molecule has 0 aromatic heterocycles. The molecule has 0 saturated heterocycles. The molecule has 1 atom stereocenters. The molecule has 3 nitrogen and oxygen atoms in total. The fourth-order valence-electron chi connectivity index (χ4n) is 2.04. The number of nitrogens with zero attached hydrogens (tertiary/aromatic N) is 3. The van der Waals surface area contributed by atoms with E-state index in [1.807, 2.05) is 13.0 Å². The van der Waals surface area contributed by atoms with Gasteiger partial charge < -0.3 is 0 Å². The zero-order valence-electron chi connectivity index (χ0n) is 8.72. The van der Waals surface area contributed by atoms with Gasteiger partial charge in [0.2, 0.25) is 0 Å². The fraction of sp³-hybridized carbons (Fsp3) is 0.333. The zero-order chi connectivity index (χ0) is 10.7. The van der Waals surface area contributed by atoms with Gasteiger partial charge in [-0.05, 0) is 35.1 Å². The third-order valence-corrected chi connectivity index (χ3v) is 2.78. The summed E-state index contributed by atoms with van der Waals surface area (Å²) in [6.45, 7) is 1.94. The molecule has 0 amide bonds. The molecule has 0 bridgehead atoms. The first-order valence-electron chi connectivity index (χ1n) is 5.15. The lowest BCUT2D eigenvalue weighted by Crippen LogP contribution is -2.01. The summed E-state index contributed by atoms with van der Waals surface area (Å²) in [7, 11) is 0. The van der Waals surface area contributed by atoms with Gasteiger partial charge in [-0.1, -0.05) is 42.4 Å². The summed E-state index contributed by atoms with van der Waals surface area (Å²) in [6, 6.07) is 6.11. The highest BCUT2D eigenvalue weighted by molar-refractivity contribution is 5.58. The van der Waals surface area contributed by atoms with E-state index in [0.29, 0.717) is 0 Å². The van der Waals surface area contributed by atoms with Crippen LogP contribution < -0.4 is 0 Å². The lowest BCUT2D eigenvalue weighted by molar-refractivity contribution is 0.783. The number of fused-ring (bicyclic) bond motifs is 1. The van der Waals surface area contributed by atoms with Crippen LogP contribution in [0.15, 0.2) is 29.4 Å². The highest BCUT2D eigenvalue weighted by Gasteiger charge is 2.12. The quantitative estimate of drug-likeness (QED) is 0.392. The second-order valence-electron chi connectivity index (χ2n) is 3.74. The van der Waals surface area contributed by atoms with Gasteiger partial charge in [0, 0.05) is 4.91 Å². The summed E-state index contributed by atoms with van der Waals surface area (Å²) in [5.74, 6) is 0. The summed E-state index contributed by atoms with van der Waals surface area (Å²) in [5.41, 5.74) is 12.2. The van der Waals surface area contributed by atoms with E-state index >= 15 is 0 Å². The molecule has 0 saturated carbocycles. The van der Waals surface area contributed by atoms with E-state index in [-0.39, 0.29) is 6.04 Å². The first-order chi connectivity index (χ1) is 7.33. The molecule has 1 aliphatic rings. The van der Waals surface area contributed by atoms with Crippen molar-refractivity contribution in [1.29, 1.82) is 0 Å². The van der Waals surface area contributed by atoms with Gasteiger partial charge in [0.1, 0.15) is 0 Å². The van der Waals surface area contributed by atoms with Crippen LogP contribution in [0, 0.1) is 0 Å².